The first-order chi connectivity index (χ1) is 10.0. The van der Waals surface area contributed by atoms with Crippen LogP contribution in [0.3, 0.4) is 0 Å². The molecule has 0 spiro atoms. The van der Waals surface area contributed by atoms with Crippen molar-refractivity contribution in [3.63, 3.8) is 0 Å². The minimum Gasteiger partial charge on any atom is -0.481 e. The number of halogens is 1. The Morgan fingerprint density at radius 1 is 1.24 bits per heavy atom. The zero-order chi connectivity index (χ0) is 15.2. The molecule has 0 saturated carbocycles. The molecule has 0 bridgehead atoms. The van der Waals surface area contributed by atoms with Crippen molar-refractivity contribution >= 4 is 33.5 Å². The highest BCUT2D eigenvalue weighted by Gasteiger charge is 2.07. The van der Waals surface area contributed by atoms with Crippen LogP contribution in [0.25, 0.3) is 0 Å². The highest BCUT2D eigenvalue weighted by atomic mass is 79.9. The molecule has 0 fully saturated rings. The van der Waals surface area contributed by atoms with Gasteiger partial charge in [-0.25, -0.2) is 4.98 Å². The molecular formula is C15H13BrN2O3. The summed E-state index contributed by atoms with van der Waals surface area (Å²) < 4.78 is 0.588. The molecule has 0 radical (unpaired) electrons. The molecule has 0 aliphatic carbocycles. The Balaban J connectivity index is 2.07. The van der Waals surface area contributed by atoms with Crippen LogP contribution in [0.15, 0.2) is 47.2 Å². The van der Waals surface area contributed by atoms with Crippen LogP contribution in [0.1, 0.15) is 22.3 Å². The van der Waals surface area contributed by atoms with Crippen molar-refractivity contribution in [1.29, 1.82) is 0 Å². The Bertz CT molecular complexity index is 673. The number of benzene rings is 1. The second-order valence-corrected chi connectivity index (χ2v) is 5.23. The fraction of sp³-hybridized carbons (Fsp3) is 0.133. The quantitative estimate of drug-likeness (QED) is 0.813. The van der Waals surface area contributed by atoms with E-state index in [2.05, 4.69) is 26.2 Å². The van der Waals surface area contributed by atoms with Gasteiger partial charge in [0.15, 0.2) is 0 Å². The van der Waals surface area contributed by atoms with E-state index in [4.69, 9.17) is 5.11 Å². The van der Waals surface area contributed by atoms with Gasteiger partial charge in [0.25, 0.3) is 5.91 Å². The summed E-state index contributed by atoms with van der Waals surface area (Å²) in [6.07, 6.45) is 2.04. The van der Waals surface area contributed by atoms with Gasteiger partial charge in [-0.2, -0.15) is 0 Å². The maximum Gasteiger partial charge on any atom is 0.303 e. The van der Waals surface area contributed by atoms with Crippen molar-refractivity contribution < 1.29 is 14.7 Å². The van der Waals surface area contributed by atoms with E-state index in [1.54, 1.807) is 36.5 Å². The molecule has 2 N–H and O–H groups in total. The number of nitrogens with zero attached hydrogens (tertiary/aromatic N) is 1. The van der Waals surface area contributed by atoms with E-state index in [-0.39, 0.29) is 12.3 Å². The molecule has 1 aromatic heterocycles. The third kappa shape index (κ3) is 4.68. The van der Waals surface area contributed by atoms with Gasteiger partial charge >= 0.3 is 5.97 Å². The number of anilines is 1. The minimum atomic E-state index is -0.842. The Morgan fingerprint density at radius 2 is 2.05 bits per heavy atom. The monoisotopic (exact) mass is 348 g/mol. The summed E-state index contributed by atoms with van der Waals surface area (Å²) in [6.45, 7) is 0. The lowest BCUT2D eigenvalue weighted by Crippen LogP contribution is -2.12. The third-order valence-corrected chi connectivity index (χ3v) is 3.23. The Hall–Kier alpha value is -2.21. The van der Waals surface area contributed by atoms with Crippen molar-refractivity contribution in [3.05, 3.63) is 58.3 Å². The molecule has 2 rings (SSSR count). The average Bonchev–Trinajstić information content (AvgIpc) is 2.45. The van der Waals surface area contributed by atoms with Gasteiger partial charge in [-0.1, -0.05) is 12.1 Å². The predicted octanol–water partition coefficient (Wildman–Crippen LogP) is 3.11. The molecule has 0 aliphatic heterocycles. The molecule has 6 heteroatoms. The zero-order valence-corrected chi connectivity index (χ0v) is 12.6. The molecule has 5 nitrogen and oxygen atoms in total. The van der Waals surface area contributed by atoms with Gasteiger partial charge < -0.3 is 10.4 Å². The van der Waals surface area contributed by atoms with Gasteiger partial charge in [0.05, 0.1) is 0 Å². The van der Waals surface area contributed by atoms with Crippen molar-refractivity contribution in [2.45, 2.75) is 12.8 Å². The average molecular weight is 349 g/mol. The number of hydrogen-bond donors (Lipinski definition) is 2. The normalized spacial score (nSPS) is 10.1. The van der Waals surface area contributed by atoms with E-state index < -0.39 is 5.97 Å². The van der Waals surface area contributed by atoms with E-state index in [0.717, 1.165) is 5.56 Å². The topological polar surface area (TPSA) is 79.3 Å². The van der Waals surface area contributed by atoms with Gasteiger partial charge in [-0.15, -0.1) is 0 Å². The SMILES string of the molecule is O=C(O)CCc1cccc(NC(=O)c2ccnc(Br)c2)c1. The molecule has 21 heavy (non-hydrogen) atoms. The number of carbonyl (C=O) groups is 2. The molecule has 1 heterocycles. The molecule has 0 unspecified atom stereocenters. The molecule has 0 aliphatic rings. The van der Waals surface area contributed by atoms with Gasteiger partial charge in [0, 0.05) is 23.9 Å². The van der Waals surface area contributed by atoms with Crippen molar-refractivity contribution in [1.82, 2.24) is 4.98 Å². The number of carboxylic acids is 1. The Kier molecular flexibility index (Phi) is 5.05. The third-order valence-electron chi connectivity index (χ3n) is 2.80. The number of hydrogen-bond acceptors (Lipinski definition) is 3. The summed E-state index contributed by atoms with van der Waals surface area (Å²) in [7, 11) is 0. The van der Waals surface area contributed by atoms with Crippen LogP contribution < -0.4 is 5.32 Å². The largest absolute Gasteiger partial charge is 0.481 e. The van der Waals surface area contributed by atoms with Crippen LogP contribution in [0.2, 0.25) is 0 Å². The lowest BCUT2D eigenvalue weighted by atomic mass is 10.1. The van der Waals surface area contributed by atoms with Crippen molar-refractivity contribution in [3.8, 4) is 0 Å². The summed E-state index contributed by atoms with van der Waals surface area (Å²) in [6, 6.07) is 10.4. The van der Waals surface area contributed by atoms with Crippen LogP contribution in [-0.4, -0.2) is 22.0 Å². The number of carbonyl (C=O) groups excluding carboxylic acids is 1. The highest BCUT2D eigenvalue weighted by molar-refractivity contribution is 9.10. The Morgan fingerprint density at radius 3 is 2.76 bits per heavy atom. The van der Waals surface area contributed by atoms with Crippen LogP contribution in [-0.2, 0) is 11.2 Å². The molecular weight excluding hydrogens is 336 g/mol. The van der Waals surface area contributed by atoms with E-state index in [1.165, 1.54) is 0 Å². The van der Waals surface area contributed by atoms with E-state index in [0.29, 0.717) is 22.3 Å². The van der Waals surface area contributed by atoms with Crippen LogP contribution in [0.4, 0.5) is 5.69 Å². The van der Waals surface area contributed by atoms with Gasteiger partial charge in [-0.05, 0) is 52.2 Å². The first-order valence-electron chi connectivity index (χ1n) is 6.28. The van der Waals surface area contributed by atoms with Crippen LogP contribution in [0, 0.1) is 0 Å². The maximum atomic E-state index is 12.1. The number of aryl methyl sites for hydroxylation is 1. The number of aromatic nitrogens is 1. The Labute approximate surface area is 130 Å². The number of pyridine rings is 1. The summed E-state index contributed by atoms with van der Waals surface area (Å²) in [4.78, 5) is 26.6. The van der Waals surface area contributed by atoms with E-state index in [9.17, 15) is 9.59 Å². The number of rotatable bonds is 5. The number of carboxylic acid groups (broad SMARTS) is 1. The van der Waals surface area contributed by atoms with Crippen LogP contribution in [0.5, 0.6) is 0 Å². The van der Waals surface area contributed by atoms with Gasteiger partial charge in [0.2, 0.25) is 0 Å². The smallest absolute Gasteiger partial charge is 0.303 e. The standard InChI is InChI=1S/C15H13BrN2O3/c16-13-9-11(6-7-17-13)15(21)18-12-3-1-2-10(8-12)4-5-14(19)20/h1-3,6-9H,4-5H2,(H,18,21)(H,19,20). The maximum absolute atomic E-state index is 12.1. The molecule has 1 amide bonds. The fourth-order valence-electron chi connectivity index (χ4n) is 1.80. The second kappa shape index (κ2) is 6.99. The molecule has 108 valence electrons. The first kappa shape index (κ1) is 15.2. The molecule has 0 saturated heterocycles. The number of aliphatic carboxylic acids is 1. The van der Waals surface area contributed by atoms with E-state index >= 15 is 0 Å². The summed E-state index contributed by atoms with van der Waals surface area (Å²) in [5.74, 6) is -1.08. The summed E-state index contributed by atoms with van der Waals surface area (Å²) >= 11 is 3.21. The highest BCUT2D eigenvalue weighted by Crippen LogP contribution is 2.15. The van der Waals surface area contributed by atoms with Crippen molar-refractivity contribution in [2.75, 3.05) is 5.32 Å². The van der Waals surface area contributed by atoms with Gasteiger partial charge in [-0.3, -0.25) is 9.59 Å². The molecule has 0 atom stereocenters. The van der Waals surface area contributed by atoms with Gasteiger partial charge in [0.1, 0.15) is 4.60 Å². The van der Waals surface area contributed by atoms with E-state index in [1.807, 2.05) is 6.07 Å². The molecule has 1 aromatic carbocycles. The lowest BCUT2D eigenvalue weighted by Gasteiger charge is -2.07. The van der Waals surface area contributed by atoms with Crippen LogP contribution >= 0.6 is 15.9 Å². The number of nitrogens with one attached hydrogen (secondary N) is 1. The minimum absolute atomic E-state index is 0.0642. The summed E-state index contributed by atoms with van der Waals surface area (Å²) in [5.41, 5.74) is 2.00. The van der Waals surface area contributed by atoms with Crippen molar-refractivity contribution in [2.24, 2.45) is 0 Å². The zero-order valence-electron chi connectivity index (χ0n) is 11.0. The first-order valence-corrected chi connectivity index (χ1v) is 7.07. The predicted molar refractivity (Wildman–Crippen MR) is 82.3 cm³/mol. The second-order valence-electron chi connectivity index (χ2n) is 4.42. The number of amides is 1. The molecule has 2 aromatic rings. The lowest BCUT2D eigenvalue weighted by molar-refractivity contribution is -0.136. The fourth-order valence-corrected chi connectivity index (χ4v) is 2.17. The summed E-state index contributed by atoms with van der Waals surface area (Å²) in [5, 5.41) is 11.5.